The Morgan fingerprint density at radius 1 is 1.44 bits per heavy atom. The number of hydrogen-bond donors (Lipinski definition) is 1. The maximum atomic E-state index is 12.5. The molecule has 2 saturated carbocycles. The monoisotopic (exact) mass is 252 g/mol. The lowest BCUT2D eigenvalue weighted by Gasteiger charge is -2.30. The molecule has 2 aliphatic carbocycles. The zero-order valence-corrected chi connectivity index (χ0v) is 11.4. The molecule has 0 aromatic heterocycles. The Morgan fingerprint density at radius 2 is 2.11 bits per heavy atom. The summed E-state index contributed by atoms with van der Waals surface area (Å²) in [7, 11) is 1.72. The van der Waals surface area contributed by atoms with Crippen molar-refractivity contribution in [2.75, 3.05) is 13.7 Å². The summed E-state index contributed by atoms with van der Waals surface area (Å²) in [5.74, 6) is 0.973. The molecule has 1 aliphatic heterocycles. The predicted molar refractivity (Wildman–Crippen MR) is 69.0 cm³/mol. The van der Waals surface area contributed by atoms with Gasteiger partial charge < -0.3 is 9.64 Å². The van der Waals surface area contributed by atoms with Gasteiger partial charge in [-0.15, -0.1) is 0 Å². The molecule has 4 nitrogen and oxygen atoms in total. The quantitative estimate of drug-likeness (QED) is 0.824. The molecule has 2 atom stereocenters. The molecular formula is C14H24N2O2. The molecule has 1 saturated heterocycles. The van der Waals surface area contributed by atoms with Gasteiger partial charge in [0.05, 0.1) is 17.8 Å². The van der Waals surface area contributed by atoms with Crippen LogP contribution in [0.25, 0.3) is 0 Å². The van der Waals surface area contributed by atoms with Gasteiger partial charge in [-0.25, -0.2) is 0 Å². The third-order valence-electron chi connectivity index (χ3n) is 4.88. The minimum absolute atomic E-state index is 0.119. The number of rotatable bonds is 4. The lowest BCUT2D eigenvalue weighted by molar-refractivity contribution is -0.132. The number of carbonyl (C=O) groups is 1. The van der Waals surface area contributed by atoms with Crippen LogP contribution in [0.4, 0.5) is 0 Å². The normalized spacial score (nSPS) is 32.4. The second kappa shape index (κ2) is 4.49. The van der Waals surface area contributed by atoms with Gasteiger partial charge in [-0.05, 0) is 38.5 Å². The van der Waals surface area contributed by atoms with Gasteiger partial charge in [0.2, 0.25) is 5.91 Å². The third kappa shape index (κ3) is 1.95. The highest BCUT2D eigenvalue weighted by Crippen LogP contribution is 2.45. The molecule has 1 amide bonds. The maximum Gasteiger partial charge on any atom is 0.244 e. The molecule has 18 heavy (non-hydrogen) atoms. The molecule has 1 spiro atoms. The van der Waals surface area contributed by atoms with Crippen LogP contribution in [-0.4, -0.2) is 42.3 Å². The molecule has 3 aliphatic rings. The molecule has 0 radical (unpaired) electrons. The SMILES string of the molecule is COC(C)CN1C(=O)C2(CC2)NC1C1CCCC1. The van der Waals surface area contributed by atoms with E-state index in [0.29, 0.717) is 11.8 Å². The highest BCUT2D eigenvalue weighted by atomic mass is 16.5. The lowest BCUT2D eigenvalue weighted by atomic mass is 10.0. The minimum Gasteiger partial charge on any atom is -0.380 e. The predicted octanol–water partition coefficient (Wildman–Crippen LogP) is 1.50. The van der Waals surface area contributed by atoms with Crippen molar-refractivity contribution >= 4 is 5.91 Å². The zero-order chi connectivity index (χ0) is 12.8. The number of nitrogens with zero attached hydrogens (tertiary/aromatic N) is 1. The van der Waals surface area contributed by atoms with Gasteiger partial charge in [-0.3, -0.25) is 10.1 Å². The summed E-state index contributed by atoms with van der Waals surface area (Å²) < 4.78 is 5.34. The lowest BCUT2D eigenvalue weighted by Crippen LogP contribution is -2.45. The van der Waals surface area contributed by atoms with Crippen molar-refractivity contribution in [2.24, 2.45) is 5.92 Å². The van der Waals surface area contributed by atoms with E-state index in [0.717, 1.165) is 19.4 Å². The van der Waals surface area contributed by atoms with E-state index in [2.05, 4.69) is 10.2 Å². The third-order valence-corrected chi connectivity index (χ3v) is 4.88. The fraction of sp³-hybridized carbons (Fsp3) is 0.929. The summed E-state index contributed by atoms with van der Waals surface area (Å²) in [5.41, 5.74) is -0.180. The number of hydrogen-bond acceptors (Lipinski definition) is 3. The van der Waals surface area contributed by atoms with E-state index in [1.165, 1.54) is 25.7 Å². The molecule has 3 rings (SSSR count). The fourth-order valence-electron chi connectivity index (χ4n) is 3.50. The van der Waals surface area contributed by atoms with Crippen LogP contribution < -0.4 is 5.32 Å². The zero-order valence-electron chi connectivity index (χ0n) is 11.4. The van der Waals surface area contributed by atoms with Crippen molar-refractivity contribution in [3.05, 3.63) is 0 Å². The largest absolute Gasteiger partial charge is 0.380 e. The highest BCUT2D eigenvalue weighted by Gasteiger charge is 2.60. The van der Waals surface area contributed by atoms with Crippen LogP contribution in [0.15, 0.2) is 0 Å². The first-order valence-electron chi connectivity index (χ1n) is 7.28. The molecule has 4 heteroatoms. The van der Waals surface area contributed by atoms with Crippen molar-refractivity contribution in [3.8, 4) is 0 Å². The Labute approximate surface area is 109 Å². The molecule has 1 heterocycles. The molecule has 0 aromatic carbocycles. The van der Waals surface area contributed by atoms with Crippen LogP contribution in [-0.2, 0) is 9.53 Å². The average molecular weight is 252 g/mol. The Morgan fingerprint density at radius 3 is 2.67 bits per heavy atom. The molecule has 2 unspecified atom stereocenters. The van der Waals surface area contributed by atoms with Crippen LogP contribution in [0.3, 0.4) is 0 Å². The summed E-state index contributed by atoms with van der Waals surface area (Å²) in [4.78, 5) is 14.6. The summed E-state index contributed by atoms with van der Waals surface area (Å²) in [6.07, 6.45) is 7.58. The number of ether oxygens (including phenoxy) is 1. The van der Waals surface area contributed by atoms with Gasteiger partial charge in [0.15, 0.2) is 0 Å². The Kier molecular flexibility index (Phi) is 3.10. The van der Waals surface area contributed by atoms with Crippen molar-refractivity contribution in [1.29, 1.82) is 0 Å². The molecule has 1 N–H and O–H groups in total. The molecule has 102 valence electrons. The van der Waals surface area contributed by atoms with Crippen LogP contribution in [0.1, 0.15) is 45.4 Å². The number of methoxy groups -OCH3 is 1. The van der Waals surface area contributed by atoms with Crippen LogP contribution in [0.2, 0.25) is 0 Å². The van der Waals surface area contributed by atoms with Crippen LogP contribution >= 0.6 is 0 Å². The van der Waals surface area contributed by atoms with Gasteiger partial charge in [0.1, 0.15) is 0 Å². The second-order valence-corrected chi connectivity index (χ2v) is 6.22. The van der Waals surface area contributed by atoms with Gasteiger partial charge in [0, 0.05) is 13.7 Å². The number of amides is 1. The minimum atomic E-state index is -0.180. The Bertz CT molecular complexity index is 335. The Balaban J connectivity index is 1.75. The van der Waals surface area contributed by atoms with Gasteiger partial charge in [-0.2, -0.15) is 0 Å². The van der Waals surface area contributed by atoms with Crippen LogP contribution in [0.5, 0.6) is 0 Å². The van der Waals surface area contributed by atoms with Crippen LogP contribution in [0, 0.1) is 5.92 Å². The summed E-state index contributed by atoms with van der Waals surface area (Å²) in [5, 5.41) is 3.63. The van der Waals surface area contributed by atoms with E-state index in [-0.39, 0.29) is 17.8 Å². The summed E-state index contributed by atoms with van der Waals surface area (Å²) >= 11 is 0. The smallest absolute Gasteiger partial charge is 0.244 e. The Hall–Kier alpha value is -0.610. The van der Waals surface area contributed by atoms with Crippen molar-refractivity contribution < 1.29 is 9.53 Å². The van der Waals surface area contributed by atoms with Gasteiger partial charge >= 0.3 is 0 Å². The van der Waals surface area contributed by atoms with E-state index in [1.807, 2.05) is 6.92 Å². The average Bonchev–Trinajstić information content (AvgIpc) is 2.85. The van der Waals surface area contributed by atoms with Gasteiger partial charge in [-0.1, -0.05) is 12.8 Å². The molecule has 0 bridgehead atoms. The first-order valence-corrected chi connectivity index (χ1v) is 7.28. The number of carbonyl (C=O) groups excluding carboxylic acids is 1. The van der Waals surface area contributed by atoms with Crippen molar-refractivity contribution in [2.45, 2.75) is 63.3 Å². The highest BCUT2D eigenvalue weighted by molar-refractivity contribution is 5.91. The first kappa shape index (κ1) is 12.4. The van der Waals surface area contributed by atoms with E-state index < -0.39 is 0 Å². The first-order chi connectivity index (χ1) is 8.66. The van der Waals surface area contributed by atoms with E-state index in [1.54, 1.807) is 7.11 Å². The van der Waals surface area contributed by atoms with Crippen molar-refractivity contribution in [3.63, 3.8) is 0 Å². The van der Waals surface area contributed by atoms with E-state index >= 15 is 0 Å². The molecular weight excluding hydrogens is 228 g/mol. The van der Waals surface area contributed by atoms with E-state index in [4.69, 9.17) is 4.74 Å². The topological polar surface area (TPSA) is 41.6 Å². The molecule has 0 aromatic rings. The number of nitrogens with one attached hydrogen (secondary N) is 1. The maximum absolute atomic E-state index is 12.5. The summed E-state index contributed by atoms with van der Waals surface area (Å²) in [6, 6.07) is 0. The summed E-state index contributed by atoms with van der Waals surface area (Å²) in [6.45, 7) is 2.77. The standard InChI is InChI=1S/C14H24N2O2/c1-10(18-2)9-16-12(11-5-3-4-6-11)15-14(7-8-14)13(16)17/h10-12,15H,3-9H2,1-2H3. The second-order valence-electron chi connectivity index (χ2n) is 6.22. The van der Waals surface area contributed by atoms with Crippen molar-refractivity contribution in [1.82, 2.24) is 10.2 Å². The van der Waals surface area contributed by atoms with E-state index in [9.17, 15) is 4.79 Å². The molecule has 3 fully saturated rings. The fourth-order valence-corrected chi connectivity index (χ4v) is 3.50. The van der Waals surface area contributed by atoms with Gasteiger partial charge in [0.25, 0.3) is 0 Å².